The smallest absolute Gasteiger partial charge is 0.244 e. The molecule has 3 aromatic carbocycles. The monoisotopic (exact) mass is 891 g/mol. The minimum absolute atomic E-state index is 0.0604. The van der Waals surface area contributed by atoms with Gasteiger partial charge in [-0.3, -0.25) is 34.3 Å². The van der Waals surface area contributed by atoms with E-state index in [9.17, 15) is 24.0 Å². The second kappa shape index (κ2) is 23.8. The fraction of sp³-hybridized carbons (Fsp3) is 0.417. The molecule has 0 unspecified atom stereocenters. The largest absolute Gasteiger partial charge is 0.370 e. The summed E-state index contributed by atoms with van der Waals surface area (Å²) in [4.78, 5) is 80.4. The Morgan fingerprint density at radius 1 is 0.585 bits per heavy atom. The number of aromatic amines is 2. The summed E-state index contributed by atoms with van der Waals surface area (Å²) < 4.78 is 0. The first-order chi connectivity index (χ1) is 31.1. The summed E-state index contributed by atoms with van der Waals surface area (Å²) in [5.74, 6) is -2.66. The molecule has 65 heavy (non-hydrogen) atoms. The highest BCUT2D eigenvalue weighted by Gasteiger charge is 2.33. The molecule has 5 rings (SSSR count). The van der Waals surface area contributed by atoms with E-state index in [1.54, 1.807) is 12.4 Å². The van der Waals surface area contributed by atoms with Crippen LogP contribution in [0.2, 0.25) is 0 Å². The van der Waals surface area contributed by atoms with Crippen LogP contribution >= 0.6 is 0 Å². The van der Waals surface area contributed by atoms with Gasteiger partial charge in [-0.25, -0.2) is 0 Å². The van der Waals surface area contributed by atoms with Gasteiger partial charge < -0.3 is 54.2 Å². The van der Waals surface area contributed by atoms with Crippen LogP contribution in [-0.2, 0) is 43.2 Å². The number of nitrogens with one attached hydrogen (secondary N) is 7. The highest BCUT2D eigenvalue weighted by molar-refractivity contribution is 5.96. The van der Waals surface area contributed by atoms with Gasteiger partial charge in [0, 0.05) is 60.0 Å². The zero-order valence-corrected chi connectivity index (χ0v) is 37.7. The Balaban J connectivity index is 1.45. The van der Waals surface area contributed by atoms with Crippen molar-refractivity contribution in [1.82, 2.24) is 36.6 Å². The molecule has 0 spiro atoms. The molecule has 15 N–H and O–H groups in total. The van der Waals surface area contributed by atoms with Crippen molar-refractivity contribution in [3.8, 4) is 0 Å². The Kier molecular flexibility index (Phi) is 18.1. The molecular formula is C48H66N12O5. The first-order valence-corrected chi connectivity index (χ1v) is 22.3. The van der Waals surface area contributed by atoms with E-state index in [1.807, 2.05) is 107 Å². The molecule has 0 fully saturated rings. The van der Waals surface area contributed by atoms with Crippen LogP contribution in [0.4, 0.5) is 0 Å². The molecule has 0 aliphatic rings. The van der Waals surface area contributed by atoms with E-state index < -0.39 is 65.9 Å². The fourth-order valence-electron chi connectivity index (χ4n) is 7.89. The summed E-state index contributed by atoms with van der Waals surface area (Å²) in [6.45, 7) is 8.25. The number of hydrogen-bond acceptors (Lipinski definition) is 8. The summed E-state index contributed by atoms with van der Waals surface area (Å²) >= 11 is 0. The number of carbonyl (C=O) groups is 5. The topological polar surface area (TPSA) is 294 Å². The quantitative estimate of drug-likeness (QED) is 0.0177. The third kappa shape index (κ3) is 14.9. The van der Waals surface area contributed by atoms with E-state index in [1.165, 1.54) is 0 Å². The Morgan fingerprint density at radius 2 is 1.06 bits per heavy atom. The number of para-hydroxylation sites is 2. The van der Waals surface area contributed by atoms with Crippen LogP contribution in [-0.4, -0.2) is 88.4 Å². The zero-order chi connectivity index (χ0) is 47.0. The van der Waals surface area contributed by atoms with Crippen molar-refractivity contribution in [3.63, 3.8) is 0 Å². The Hall–Kier alpha value is -6.72. The average Bonchev–Trinajstić information content (AvgIpc) is 3.87. The number of nitrogens with zero attached hydrogens (tertiary/aromatic N) is 1. The lowest BCUT2D eigenvalue weighted by molar-refractivity contribution is -0.134. The molecule has 0 saturated carbocycles. The number of nitrogens with two attached hydrogens (primary N) is 4. The van der Waals surface area contributed by atoms with Gasteiger partial charge in [0.25, 0.3) is 0 Å². The van der Waals surface area contributed by atoms with Gasteiger partial charge in [0.1, 0.15) is 18.1 Å². The number of aliphatic imine (C=N–C) groups is 1. The summed E-state index contributed by atoms with van der Waals surface area (Å²) in [5.41, 5.74) is 27.0. The molecular weight excluding hydrogens is 825 g/mol. The maximum absolute atomic E-state index is 14.8. The molecule has 0 aliphatic heterocycles. The molecule has 2 heterocycles. The number of aromatic nitrogens is 2. The van der Waals surface area contributed by atoms with Gasteiger partial charge in [0.15, 0.2) is 5.96 Å². The molecule has 348 valence electrons. The summed E-state index contributed by atoms with van der Waals surface area (Å²) in [6, 6.07) is 19.2. The maximum atomic E-state index is 14.8. The Labute approximate surface area is 380 Å². The molecule has 2 aromatic heterocycles. The number of guanidine groups is 1. The second-order valence-electron chi connectivity index (χ2n) is 17.5. The van der Waals surface area contributed by atoms with Crippen LogP contribution in [0.5, 0.6) is 0 Å². The number of hydrogen-bond donors (Lipinski definition) is 11. The van der Waals surface area contributed by atoms with Gasteiger partial charge in [-0.2, -0.15) is 0 Å². The summed E-state index contributed by atoms with van der Waals surface area (Å²) in [6.07, 6.45) is 4.75. The molecule has 0 saturated heterocycles. The van der Waals surface area contributed by atoms with Crippen LogP contribution < -0.4 is 49.5 Å². The normalized spacial score (nSPS) is 14.3. The fourth-order valence-corrected chi connectivity index (χ4v) is 7.89. The number of fused-ring (bicyclic) bond motifs is 2. The summed E-state index contributed by atoms with van der Waals surface area (Å²) in [7, 11) is 0. The van der Waals surface area contributed by atoms with Gasteiger partial charge in [0.05, 0.1) is 18.2 Å². The van der Waals surface area contributed by atoms with E-state index in [-0.39, 0.29) is 50.0 Å². The van der Waals surface area contributed by atoms with Crippen molar-refractivity contribution in [2.45, 2.75) is 109 Å². The molecule has 17 heteroatoms. The van der Waals surface area contributed by atoms with E-state index in [2.05, 4.69) is 41.5 Å². The zero-order valence-electron chi connectivity index (χ0n) is 37.7. The number of amides is 5. The number of rotatable bonds is 25. The van der Waals surface area contributed by atoms with Gasteiger partial charge in [-0.1, -0.05) is 94.4 Å². The van der Waals surface area contributed by atoms with Crippen LogP contribution in [0.25, 0.3) is 21.8 Å². The van der Waals surface area contributed by atoms with Gasteiger partial charge >= 0.3 is 0 Å². The lowest BCUT2D eigenvalue weighted by Crippen LogP contribution is -2.61. The first-order valence-electron chi connectivity index (χ1n) is 22.3. The van der Waals surface area contributed by atoms with Crippen molar-refractivity contribution in [1.29, 1.82) is 0 Å². The van der Waals surface area contributed by atoms with Crippen LogP contribution in [0.1, 0.15) is 70.1 Å². The Bertz CT molecular complexity index is 2390. The van der Waals surface area contributed by atoms with Crippen molar-refractivity contribution < 1.29 is 24.0 Å². The molecule has 0 radical (unpaired) electrons. The van der Waals surface area contributed by atoms with Crippen LogP contribution in [0, 0.1) is 11.8 Å². The average molecular weight is 891 g/mol. The third-order valence-electron chi connectivity index (χ3n) is 11.2. The minimum atomic E-state index is -1.20. The predicted molar refractivity (Wildman–Crippen MR) is 255 cm³/mol. The lowest BCUT2D eigenvalue weighted by Gasteiger charge is -2.30. The number of H-pyrrole nitrogens is 2. The van der Waals surface area contributed by atoms with Crippen molar-refractivity contribution in [2.24, 2.45) is 39.8 Å². The van der Waals surface area contributed by atoms with E-state index in [0.29, 0.717) is 19.3 Å². The number of primary amides is 1. The SMILES string of the molecule is CC(C)C[C@H](NC(=O)[C@@H](Cc1c[nH]c2ccccc12)NC(=O)[C@H](Cc1ccccc1)NC(=O)[C@@H](Cc1c[nH]c2ccccc12)NC(=O)[C@H](N)CCCN=C(N)N)N[C@@H](CC(C)C)C(N)=O. The number of carbonyl (C=O) groups excluding carboxylic acids is 5. The third-order valence-corrected chi connectivity index (χ3v) is 11.2. The first kappa shape index (κ1) is 49.3. The van der Waals surface area contributed by atoms with Gasteiger partial charge in [-0.15, -0.1) is 0 Å². The van der Waals surface area contributed by atoms with Crippen molar-refractivity contribution in [2.75, 3.05) is 6.54 Å². The Morgan fingerprint density at radius 3 is 1.57 bits per heavy atom. The van der Waals surface area contributed by atoms with E-state index >= 15 is 0 Å². The highest BCUT2D eigenvalue weighted by Crippen LogP contribution is 2.21. The molecule has 5 aromatic rings. The minimum Gasteiger partial charge on any atom is -0.370 e. The number of benzene rings is 3. The molecule has 5 amide bonds. The second-order valence-corrected chi connectivity index (χ2v) is 17.5. The predicted octanol–water partition coefficient (Wildman–Crippen LogP) is 2.49. The van der Waals surface area contributed by atoms with Gasteiger partial charge in [0.2, 0.25) is 29.5 Å². The highest BCUT2D eigenvalue weighted by atomic mass is 16.2. The molecule has 17 nitrogen and oxygen atoms in total. The maximum Gasteiger partial charge on any atom is 0.244 e. The molecule has 0 aliphatic carbocycles. The molecule has 6 atom stereocenters. The van der Waals surface area contributed by atoms with E-state index in [0.717, 1.165) is 38.5 Å². The lowest BCUT2D eigenvalue weighted by atomic mass is 9.99. The van der Waals surface area contributed by atoms with Crippen LogP contribution in [0.3, 0.4) is 0 Å². The summed E-state index contributed by atoms with van der Waals surface area (Å²) in [5, 5.41) is 16.8. The van der Waals surface area contributed by atoms with Crippen molar-refractivity contribution in [3.05, 3.63) is 108 Å². The van der Waals surface area contributed by atoms with Crippen LogP contribution in [0.15, 0.2) is 96.2 Å². The standard InChI is InChI=1S/C48H66N12O5/c1-28(2)21-38(43(50)61)56-42(22-29(3)4)60-47(65)41(25-32-27-55-37-19-11-9-16-34(32)37)59-45(63)39(23-30-13-6-5-7-14-30)58-46(64)40(24-31-26-54-36-18-10-8-15-33(31)36)57-44(62)35(49)17-12-20-53-48(51)52/h5-11,13-16,18-19,26-29,35,38-42,54-56H,12,17,20-25,49H2,1-4H3,(H2,50,61)(H,57,62)(H,58,64)(H,59,63)(H,60,65)(H4,51,52,53)/t35-,38+,39+,40-,41-,42+/m1/s1. The van der Waals surface area contributed by atoms with E-state index in [4.69, 9.17) is 22.9 Å². The van der Waals surface area contributed by atoms with Crippen molar-refractivity contribution >= 4 is 57.3 Å². The van der Waals surface area contributed by atoms with Gasteiger partial charge in [-0.05, 0) is 66.3 Å². The molecule has 0 bridgehead atoms.